The van der Waals surface area contributed by atoms with Gasteiger partial charge in [-0.2, -0.15) is 5.10 Å². The smallest absolute Gasteiger partial charge is 0.289 e. The number of oxazole rings is 1. The molecular formula is C14H21N5O2. The molecule has 0 aliphatic carbocycles. The Morgan fingerprint density at radius 3 is 2.86 bits per heavy atom. The van der Waals surface area contributed by atoms with E-state index in [0.717, 1.165) is 18.8 Å². The van der Waals surface area contributed by atoms with E-state index in [-0.39, 0.29) is 17.7 Å². The van der Waals surface area contributed by atoms with Crippen molar-refractivity contribution >= 4 is 5.91 Å². The Morgan fingerprint density at radius 1 is 1.48 bits per heavy atom. The quantitative estimate of drug-likeness (QED) is 0.880. The minimum absolute atomic E-state index is 0.249. The van der Waals surface area contributed by atoms with Crippen molar-refractivity contribution in [2.75, 3.05) is 0 Å². The first-order valence-corrected chi connectivity index (χ1v) is 7.21. The van der Waals surface area contributed by atoms with Crippen LogP contribution in [-0.4, -0.2) is 25.7 Å². The Hall–Kier alpha value is -2.18. The predicted molar refractivity (Wildman–Crippen MR) is 76.8 cm³/mol. The molecule has 21 heavy (non-hydrogen) atoms. The molecule has 0 bridgehead atoms. The molecule has 114 valence electrons. The zero-order valence-electron chi connectivity index (χ0n) is 12.9. The summed E-state index contributed by atoms with van der Waals surface area (Å²) in [6, 6.07) is -0.249. The summed E-state index contributed by atoms with van der Waals surface area (Å²) >= 11 is 0. The van der Waals surface area contributed by atoms with Crippen molar-refractivity contribution < 1.29 is 9.21 Å². The molecule has 1 amide bonds. The summed E-state index contributed by atoms with van der Waals surface area (Å²) < 4.78 is 7.26. The summed E-state index contributed by atoms with van der Waals surface area (Å²) in [5, 5.41) is 7.04. The summed E-state index contributed by atoms with van der Waals surface area (Å²) in [5.74, 6) is 1.29. The first-order chi connectivity index (χ1) is 10.1. The molecule has 0 fully saturated rings. The van der Waals surface area contributed by atoms with E-state index in [9.17, 15) is 4.79 Å². The first-order valence-electron chi connectivity index (χ1n) is 7.21. The van der Waals surface area contributed by atoms with Crippen molar-refractivity contribution in [1.82, 2.24) is 25.1 Å². The molecule has 1 N–H and O–H groups in total. The fraction of sp³-hybridized carbons (Fsp3) is 0.571. The van der Waals surface area contributed by atoms with Crippen LogP contribution in [0.3, 0.4) is 0 Å². The second kappa shape index (κ2) is 6.51. The predicted octanol–water partition coefficient (Wildman–Crippen LogP) is 2.04. The average molecular weight is 291 g/mol. The van der Waals surface area contributed by atoms with E-state index in [2.05, 4.69) is 27.3 Å². The Kier molecular flexibility index (Phi) is 4.72. The van der Waals surface area contributed by atoms with Crippen molar-refractivity contribution in [1.29, 1.82) is 0 Å². The summed E-state index contributed by atoms with van der Waals surface area (Å²) in [7, 11) is 0. The molecule has 2 aromatic heterocycles. The van der Waals surface area contributed by atoms with E-state index < -0.39 is 0 Å². The molecule has 1 atom stereocenters. The van der Waals surface area contributed by atoms with Gasteiger partial charge < -0.3 is 9.73 Å². The van der Waals surface area contributed by atoms with E-state index in [1.165, 1.54) is 6.33 Å². The van der Waals surface area contributed by atoms with Crippen LogP contribution in [0.5, 0.6) is 0 Å². The minimum Gasteiger partial charge on any atom is -0.435 e. The molecule has 2 aromatic rings. The number of hydrogen-bond acceptors (Lipinski definition) is 5. The number of amides is 1. The summed E-state index contributed by atoms with van der Waals surface area (Å²) in [5.41, 5.74) is 0.603. The van der Waals surface area contributed by atoms with Crippen molar-refractivity contribution in [2.45, 2.75) is 53.1 Å². The monoisotopic (exact) mass is 291 g/mol. The van der Waals surface area contributed by atoms with E-state index in [1.54, 1.807) is 11.6 Å². The van der Waals surface area contributed by atoms with Crippen molar-refractivity contribution in [2.24, 2.45) is 0 Å². The van der Waals surface area contributed by atoms with Crippen molar-refractivity contribution in [3.63, 3.8) is 0 Å². The van der Waals surface area contributed by atoms with Gasteiger partial charge in [-0.05, 0) is 20.3 Å². The van der Waals surface area contributed by atoms with Gasteiger partial charge in [0.25, 0.3) is 5.91 Å². The van der Waals surface area contributed by atoms with Crippen LogP contribution in [0.15, 0.2) is 10.7 Å². The van der Waals surface area contributed by atoms with Gasteiger partial charge >= 0.3 is 0 Å². The van der Waals surface area contributed by atoms with Crippen LogP contribution in [0.1, 0.15) is 61.2 Å². The highest BCUT2D eigenvalue weighted by Gasteiger charge is 2.21. The standard InChI is InChI=1S/C14H21N5O2/c1-5-7-19-13(15-8-16-19)10(4)18-14(20)12-9(3)17-11(6-2)21-12/h8,10H,5-7H2,1-4H3,(H,18,20). The Bertz CT molecular complexity index is 617. The molecule has 0 saturated carbocycles. The SMILES string of the molecule is CCCn1ncnc1C(C)NC(=O)c1oc(CC)nc1C. The molecule has 7 heteroatoms. The van der Waals surface area contributed by atoms with Gasteiger partial charge in [0.2, 0.25) is 5.76 Å². The van der Waals surface area contributed by atoms with Gasteiger partial charge in [-0.15, -0.1) is 0 Å². The molecule has 0 aliphatic rings. The van der Waals surface area contributed by atoms with E-state index in [4.69, 9.17) is 4.42 Å². The van der Waals surface area contributed by atoms with E-state index in [0.29, 0.717) is 18.0 Å². The topological polar surface area (TPSA) is 85.8 Å². The summed E-state index contributed by atoms with van der Waals surface area (Å²) in [6.45, 7) is 8.42. The third-order valence-corrected chi connectivity index (χ3v) is 3.17. The molecule has 2 heterocycles. The Labute approximate surface area is 123 Å². The zero-order chi connectivity index (χ0) is 15.4. The van der Waals surface area contributed by atoms with Gasteiger partial charge in [0.1, 0.15) is 12.2 Å². The fourth-order valence-electron chi connectivity index (χ4n) is 2.13. The molecular weight excluding hydrogens is 270 g/mol. The van der Waals surface area contributed by atoms with E-state index in [1.807, 2.05) is 13.8 Å². The highest BCUT2D eigenvalue weighted by molar-refractivity contribution is 5.92. The number of carbonyl (C=O) groups is 1. The van der Waals surface area contributed by atoms with Gasteiger partial charge in [0.15, 0.2) is 5.89 Å². The normalized spacial score (nSPS) is 12.4. The fourth-order valence-corrected chi connectivity index (χ4v) is 2.13. The lowest BCUT2D eigenvalue weighted by Crippen LogP contribution is -2.29. The van der Waals surface area contributed by atoms with Crippen LogP contribution < -0.4 is 5.32 Å². The molecule has 0 spiro atoms. The van der Waals surface area contributed by atoms with Gasteiger partial charge in [0, 0.05) is 13.0 Å². The molecule has 1 unspecified atom stereocenters. The van der Waals surface area contributed by atoms with Gasteiger partial charge in [-0.1, -0.05) is 13.8 Å². The molecule has 0 aromatic carbocycles. The Morgan fingerprint density at radius 2 is 2.24 bits per heavy atom. The second-order valence-electron chi connectivity index (χ2n) is 4.91. The summed E-state index contributed by atoms with van der Waals surface area (Å²) in [6.07, 6.45) is 3.12. The second-order valence-corrected chi connectivity index (χ2v) is 4.91. The lowest BCUT2D eigenvalue weighted by molar-refractivity contribution is 0.0906. The molecule has 7 nitrogen and oxygen atoms in total. The molecule has 0 aliphatic heterocycles. The zero-order valence-corrected chi connectivity index (χ0v) is 12.9. The maximum absolute atomic E-state index is 12.3. The maximum Gasteiger partial charge on any atom is 0.289 e. The van der Waals surface area contributed by atoms with Crippen LogP contribution in [0, 0.1) is 6.92 Å². The van der Waals surface area contributed by atoms with Crippen molar-refractivity contribution in [3.05, 3.63) is 29.5 Å². The first kappa shape index (κ1) is 15.2. The number of hydrogen-bond donors (Lipinski definition) is 1. The maximum atomic E-state index is 12.3. The van der Waals surface area contributed by atoms with Crippen LogP contribution >= 0.6 is 0 Å². The lowest BCUT2D eigenvalue weighted by Gasteiger charge is -2.13. The van der Waals surface area contributed by atoms with Crippen LogP contribution in [0.4, 0.5) is 0 Å². The highest BCUT2D eigenvalue weighted by atomic mass is 16.4. The largest absolute Gasteiger partial charge is 0.435 e. The number of aryl methyl sites for hydroxylation is 3. The van der Waals surface area contributed by atoms with Crippen LogP contribution in [0.25, 0.3) is 0 Å². The average Bonchev–Trinajstić information content (AvgIpc) is 3.05. The third-order valence-electron chi connectivity index (χ3n) is 3.17. The Balaban J connectivity index is 2.11. The number of rotatable bonds is 6. The molecule has 0 saturated heterocycles. The van der Waals surface area contributed by atoms with Gasteiger partial charge in [-0.3, -0.25) is 4.79 Å². The number of nitrogens with zero attached hydrogens (tertiary/aromatic N) is 4. The van der Waals surface area contributed by atoms with E-state index >= 15 is 0 Å². The number of nitrogens with one attached hydrogen (secondary N) is 1. The number of carbonyl (C=O) groups excluding carboxylic acids is 1. The van der Waals surface area contributed by atoms with Crippen LogP contribution in [-0.2, 0) is 13.0 Å². The minimum atomic E-state index is -0.279. The van der Waals surface area contributed by atoms with Crippen LogP contribution in [0.2, 0.25) is 0 Å². The van der Waals surface area contributed by atoms with Gasteiger partial charge in [-0.25, -0.2) is 14.6 Å². The number of aromatic nitrogens is 4. The molecule has 0 radical (unpaired) electrons. The summed E-state index contributed by atoms with van der Waals surface area (Å²) in [4.78, 5) is 20.7. The highest BCUT2D eigenvalue weighted by Crippen LogP contribution is 2.14. The van der Waals surface area contributed by atoms with Gasteiger partial charge in [0.05, 0.1) is 11.7 Å². The molecule has 2 rings (SSSR count). The lowest BCUT2D eigenvalue weighted by atomic mass is 10.2. The van der Waals surface area contributed by atoms with Crippen molar-refractivity contribution in [3.8, 4) is 0 Å². The third kappa shape index (κ3) is 3.29.